The van der Waals surface area contributed by atoms with Crippen molar-refractivity contribution in [3.05, 3.63) is 0 Å². The van der Waals surface area contributed by atoms with Crippen molar-refractivity contribution in [1.82, 2.24) is 10.2 Å². The third-order valence-electron chi connectivity index (χ3n) is 3.27. The maximum Gasteiger partial charge on any atom is 0.0638 e. The molecule has 4 nitrogen and oxygen atoms in total. The van der Waals surface area contributed by atoms with E-state index in [1.54, 1.807) is 7.11 Å². The lowest BCUT2D eigenvalue weighted by atomic mass is 9.99. The van der Waals surface area contributed by atoms with Crippen molar-refractivity contribution >= 4 is 0 Å². The van der Waals surface area contributed by atoms with Gasteiger partial charge in [-0.15, -0.1) is 0 Å². The molecule has 0 fully saturated rings. The number of hydrogen-bond donors (Lipinski definition) is 2. The summed E-state index contributed by atoms with van der Waals surface area (Å²) in [5.74, 6) is 0. The molecular weight excluding hydrogens is 216 g/mol. The largest absolute Gasteiger partial charge is 0.395 e. The van der Waals surface area contributed by atoms with Gasteiger partial charge in [-0.2, -0.15) is 0 Å². The van der Waals surface area contributed by atoms with Gasteiger partial charge in [0.05, 0.1) is 12.2 Å². The van der Waals surface area contributed by atoms with Crippen LogP contribution >= 0.6 is 0 Å². The van der Waals surface area contributed by atoms with Crippen LogP contribution in [-0.4, -0.2) is 61.5 Å². The predicted molar refractivity (Wildman–Crippen MR) is 72.4 cm³/mol. The molecule has 0 aliphatic carbocycles. The van der Waals surface area contributed by atoms with Gasteiger partial charge in [-0.05, 0) is 33.4 Å². The first-order valence-corrected chi connectivity index (χ1v) is 6.60. The highest BCUT2D eigenvalue weighted by Crippen LogP contribution is 2.15. The van der Waals surface area contributed by atoms with Gasteiger partial charge in [0.15, 0.2) is 0 Å². The average Bonchev–Trinajstić information content (AvgIpc) is 2.33. The number of rotatable bonds is 10. The van der Waals surface area contributed by atoms with Crippen LogP contribution in [0.4, 0.5) is 0 Å². The van der Waals surface area contributed by atoms with E-state index in [0.717, 1.165) is 32.6 Å². The van der Waals surface area contributed by atoms with E-state index >= 15 is 0 Å². The number of nitrogens with zero attached hydrogens (tertiary/aromatic N) is 1. The Morgan fingerprint density at radius 2 is 1.88 bits per heavy atom. The molecule has 0 radical (unpaired) electrons. The van der Waals surface area contributed by atoms with E-state index in [2.05, 4.69) is 24.1 Å². The number of ether oxygens (including phenoxy) is 1. The molecule has 0 amide bonds. The van der Waals surface area contributed by atoms with E-state index in [4.69, 9.17) is 4.74 Å². The van der Waals surface area contributed by atoms with Crippen LogP contribution in [0.3, 0.4) is 0 Å². The zero-order chi connectivity index (χ0) is 13.3. The van der Waals surface area contributed by atoms with Crippen LogP contribution in [0.25, 0.3) is 0 Å². The SMILES string of the molecule is CCN(CC)CCNC(CO)CC(C)(C)OC. The van der Waals surface area contributed by atoms with Gasteiger partial charge in [-0.1, -0.05) is 13.8 Å². The minimum Gasteiger partial charge on any atom is -0.395 e. The Kier molecular flexibility index (Phi) is 8.78. The van der Waals surface area contributed by atoms with Gasteiger partial charge < -0.3 is 20.1 Å². The van der Waals surface area contributed by atoms with E-state index in [1.165, 1.54) is 0 Å². The van der Waals surface area contributed by atoms with Crippen LogP contribution in [0.15, 0.2) is 0 Å². The molecule has 104 valence electrons. The summed E-state index contributed by atoms with van der Waals surface area (Å²) >= 11 is 0. The molecule has 0 saturated carbocycles. The lowest BCUT2D eigenvalue weighted by molar-refractivity contribution is 0.00150. The van der Waals surface area contributed by atoms with E-state index in [1.807, 2.05) is 13.8 Å². The molecule has 0 aromatic carbocycles. The third-order valence-corrected chi connectivity index (χ3v) is 3.27. The van der Waals surface area contributed by atoms with Crippen molar-refractivity contribution in [1.29, 1.82) is 0 Å². The number of hydrogen-bond acceptors (Lipinski definition) is 4. The fraction of sp³-hybridized carbons (Fsp3) is 1.00. The van der Waals surface area contributed by atoms with Gasteiger partial charge in [-0.3, -0.25) is 0 Å². The summed E-state index contributed by atoms with van der Waals surface area (Å²) < 4.78 is 5.38. The number of likely N-dealkylation sites (N-methyl/N-ethyl adjacent to an activating group) is 1. The van der Waals surface area contributed by atoms with Crippen molar-refractivity contribution in [2.24, 2.45) is 0 Å². The lowest BCUT2D eigenvalue weighted by Crippen LogP contribution is -2.43. The topological polar surface area (TPSA) is 44.7 Å². The molecule has 0 aromatic heterocycles. The van der Waals surface area contributed by atoms with E-state index in [9.17, 15) is 5.11 Å². The highest BCUT2D eigenvalue weighted by molar-refractivity contribution is 4.78. The summed E-state index contributed by atoms with van der Waals surface area (Å²) in [6.07, 6.45) is 0.818. The van der Waals surface area contributed by atoms with Gasteiger partial charge >= 0.3 is 0 Å². The molecule has 0 bridgehead atoms. The minimum absolute atomic E-state index is 0.112. The van der Waals surface area contributed by atoms with Crippen molar-refractivity contribution in [3.8, 4) is 0 Å². The monoisotopic (exact) mass is 246 g/mol. The number of methoxy groups -OCH3 is 1. The lowest BCUT2D eigenvalue weighted by Gasteiger charge is -2.29. The molecule has 0 aliphatic rings. The Labute approximate surface area is 106 Å². The maximum absolute atomic E-state index is 9.33. The normalized spacial score (nSPS) is 14.3. The van der Waals surface area contributed by atoms with Crippen LogP contribution in [0.1, 0.15) is 34.1 Å². The summed E-state index contributed by atoms with van der Waals surface area (Å²) in [7, 11) is 1.71. The first-order chi connectivity index (χ1) is 7.99. The fourth-order valence-electron chi connectivity index (χ4n) is 1.84. The molecule has 1 unspecified atom stereocenters. The Morgan fingerprint density at radius 3 is 2.29 bits per heavy atom. The Balaban J connectivity index is 3.90. The molecule has 17 heavy (non-hydrogen) atoms. The van der Waals surface area contributed by atoms with Crippen molar-refractivity contribution in [2.75, 3.05) is 39.9 Å². The number of aliphatic hydroxyl groups excluding tert-OH is 1. The fourth-order valence-corrected chi connectivity index (χ4v) is 1.84. The summed E-state index contributed by atoms with van der Waals surface area (Å²) in [5.41, 5.74) is -0.185. The molecule has 0 saturated heterocycles. The molecular formula is C13H30N2O2. The third kappa shape index (κ3) is 7.71. The molecule has 0 aliphatic heterocycles. The van der Waals surface area contributed by atoms with Crippen LogP contribution in [0.2, 0.25) is 0 Å². The van der Waals surface area contributed by atoms with Crippen LogP contribution < -0.4 is 5.32 Å². The first-order valence-electron chi connectivity index (χ1n) is 6.60. The van der Waals surface area contributed by atoms with E-state index < -0.39 is 0 Å². The standard InChI is InChI=1S/C13H30N2O2/c1-6-15(7-2)9-8-14-12(11-16)10-13(3,4)17-5/h12,14,16H,6-11H2,1-5H3. The second-order valence-corrected chi connectivity index (χ2v) is 5.03. The maximum atomic E-state index is 9.33. The van der Waals surface area contributed by atoms with Crippen molar-refractivity contribution < 1.29 is 9.84 Å². The predicted octanol–water partition coefficient (Wildman–Crippen LogP) is 1.09. The van der Waals surface area contributed by atoms with E-state index in [-0.39, 0.29) is 18.2 Å². The Hall–Kier alpha value is -0.160. The molecule has 0 rings (SSSR count). The summed E-state index contributed by atoms with van der Waals surface area (Å²) in [5, 5.41) is 12.7. The summed E-state index contributed by atoms with van der Waals surface area (Å²) in [6, 6.07) is 0.112. The van der Waals surface area contributed by atoms with Gasteiger partial charge in [0, 0.05) is 26.2 Å². The van der Waals surface area contributed by atoms with Crippen LogP contribution in [0.5, 0.6) is 0 Å². The Bertz CT molecular complexity index is 182. The van der Waals surface area contributed by atoms with Crippen LogP contribution in [-0.2, 0) is 4.74 Å². The molecule has 1 atom stereocenters. The zero-order valence-corrected chi connectivity index (χ0v) is 12.1. The average molecular weight is 246 g/mol. The summed E-state index contributed by atoms with van der Waals surface area (Å²) in [6.45, 7) is 12.7. The number of aliphatic hydroxyl groups is 1. The first kappa shape index (κ1) is 16.8. The molecule has 0 aromatic rings. The molecule has 0 heterocycles. The molecule has 2 N–H and O–H groups in total. The highest BCUT2D eigenvalue weighted by atomic mass is 16.5. The van der Waals surface area contributed by atoms with Gasteiger partial charge in [0.1, 0.15) is 0 Å². The minimum atomic E-state index is -0.185. The second kappa shape index (κ2) is 8.86. The smallest absolute Gasteiger partial charge is 0.0638 e. The van der Waals surface area contributed by atoms with E-state index in [0.29, 0.717) is 0 Å². The van der Waals surface area contributed by atoms with Gasteiger partial charge in [0.2, 0.25) is 0 Å². The van der Waals surface area contributed by atoms with Crippen LogP contribution in [0, 0.1) is 0 Å². The van der Waals surface area contributed by atoms with Crippen molar-refractivity contribution in [3.63, 3.8) is 0 Å². The quantitative estimate of drug-likeness (QED) is 0.606. The molecule has 0 spiro atoms. The number of nitrogens with one attached hydrogen (secondary N) is 1. The van der Waals surface area contributed by atoms with Gasteiger partial charge in [-0.25, -0.2) is 0 Å². The molecule has 4 heteroatoms. The Morgan fingerprint density at radius 1 is 1.29 bits per heavy atom. The highest BCUT2D eigenvalue weighted by Gasteiger charge is 2.21. The van der Waals surface area contributed by atoms with Gasteiger partial charge in [0.25, 0.3) is 0 Å². The zero-order valence-electron chi connectivity index (χ0n) is 12.1. The summed E-state index contributed by atoms with van der Waals surface area (Å²) in [4.78, 5) is 2.36. The van der Waals surface area contributed by atoms with Crippen molar-refractivity contribution in [2.45, 2.75) is 45.8 Å². The second-order valence-electron chi connectivity index (χ2n) is 5.03.